The molecule has 0 amide bonds. The molecule has 0 spiro atoms. The van der Waals surface area contributed by atoms with Gasteiger partial charge in [0.25, 0.3) is 0 Å². The summed E-state index contributed by atoms with van der Waals surface area (Å²) in [7, 11) is 0. The Labute approximate surface area is 110 Å². The summed E-state index contributed by atoms with van der Waals surface area (Å²) >= 11 is 0. The van der Waals surface area contributed by atoms with Crippen LogP contribution in [-0.4, -0.2) is 32.1 Å². The van der Waals surface area contributed by atoms with Crippen LogP contribution in [0.4, 0.5) is 0 Å². The van der Waals surface area contributed by atoms with Crippen LogP contribution in [0.15, 0.2) is 30.9 Å². The van der Waals surface area contributed by atoms with Gasteiger partial charge >= 0.3 is 5.97 Å². The van der Waals surface area contributed by atoms with Gasteiger partial charge < -0.3 is 9.84 Å². The van der Waals surface area contributed by atoms with Crippen LogP contribution >= 0.6 is 0 Å². The molecule has 0 aromatic carbocycles. The van der Waals surface area contributed by atoms with E-state index in [1.165, 1.54) is 12.4 Å². The van der Waals surface area contributed by atoms with Crippen LogP contribution in [0.3, 0.4) is 0 Å². The van der Waals surface area contributed by atoms with Crippen LogP contribution in [0, 0.1) is 0 Å². The number of carboxylic acids is 1. The van der Waals surface area contributed by atoms with E-state index in [0.717, 1.165) is 5.56 Å². The Morgan fingerprint density at radius 1 is 1.16 bits per heavy atom. The minimum atomic E-state index is -1.15. The van der Waals surface area contributed by atoms with Crippen molar-refractivity contribution in [1.82, 2.24) is 15.0 Å². The quantitative estimate of drug-likeness (QED) is 0.904. The highest BCUT2D eigenvalue weighted by molar-refractivity contribution is 5.83. The van der Waals surface area contributed by atoms with E-state index in [2.05, 4.69) is 15.0 Å². The Bertz CT molecular complexity index is 582. The standard InChI is InChI=1S/C13H13N3O3/c1-8(2)19-11-3-9(4-14-7-11)10-5-15-12(13(17)18)16-6-10/h3-8H,1-2H3,(H,17,18). The van der Waals surface area contributed by atoms with Crippen molar-refractivity contribution in [3.8, 4) is 16.9 Å². The average molecular weight is 259 g/mol. The van der Waals surface area contributed by atoms with E-state index in [-0.39, 0.29) is 11.9 Å². The van der Waals surface area contributed by atoms with Crippen LogP contribution in [0.5, 0.6) is 5.75 Å². The molecule has 0 aliphatic carbocycles. The third kappa shape index (κ3) is 3.25. The molecule has 0 saturated heterocycles. The van der Waals surface area contributed by atoms with Crippen LogP contribution < -0.4 is 4.74 Å². The minimum Gasteiger partial charge on any atom is -0.489 e. The number of nitrogens with zero attached hydrogens (tertiary/aromatic N) is 3. The number of carbonyl (C=O) groups is 1. The molecule has 0 aliphatic rings. The average Bonchev–Trinajstić information content (AvgIpc) is 2.38. The van der Waals surface area contributed by atoms with Crippen molar-refractivity contribution in [2.24, 2.45) is 0 Å². The summed E-state index contributed by atoms with van der Waals surface area (Å²) in [5, 5.41) is 8.73. The highest BCUT2D eigenvalue weighted by atomic mass is 16.5. The number of aromatic carboxylic acids is 1. The monoisotopic (exact) mass is 259 g/mol. The summed E-state index contributed by atoms with van der Waals surface area (Å²) in [4.78, 5) is 22.3. The van der Waals surface area contributed by atoms with Gasteiger partial charge in [-0.2, -0.15) is 0 Å². The van der Waals surface area contributed by atoms with Gasteiger partial charge in [0.1, 0.15) is 5.75 Å². The Morgan fingerprint density at radius 3 is 2.42 bits per heavy atom. The molecule has 2 aromatic rings. The van der Waals surface area contributed by atoms with Crippen molar-refractivity contribution in [1.29, 1.82) is 0 Å². The van der Waals surface area contributed by atoms with Crippen molar-refractivity contribution in [2.45, 2.75) is 20.0 Å². The lowest BCUT2D eigenvalue weighted by molar-refractivity contribution is 0.0683. The van der Waals surface area contributed by atoms with E-state index in [1.807, 2.05) is 19.9 Å². The third-order valence-corrected chi connectivity index (χ3v) is 2.26. The van der Waals surface area contributed by atoms with E-state index < -0.39 is 5.97 Å². The van der Waals surface area contributed by atoms with Crippen LogP contribution in [0.1, 0.15) is 24.5 Å². The molecule has 2 rings (SSSR count). The first-order valence-corrected chi connectivity index (χ1v) is 5.73. The molecule has 98 valence electrons. The second kappa shape index (κ2) is 5.43. The molecule has 19 heavy (non-hydrogen) atoms. The Hall–Kier alpha value is -2.50. The molecule has 6 heteroatoms. The Balaban J connectivity index is 2.28. The molecule has 0 bridgehead atoms. The predicted octanol–water partition coefficient (Wildman–Crippen LogP) is 2.02. The van der Waals surface area contributed by atoms with Crippen molar-refractivity contribution < 1.29 is 14.6 Å². The van der Waals surface area contributed by atoms with Crippen molar-refractivity contribution in [3.63, 3.8) is 0 Å². The highest BCUT2D eigenvalue weighted by Gasteiger charge is 2.08. The third-order valence-electron chi connectivity index (χ3n) is 2.26. The predicted molar refractivity (Wildman–Crippen MR) is 68.0 cm³/mol. The molecule has 0 saturated carbocycles. The van der Waals surface area contributed by atoms with Crippen LogP contribution in [-0.2, 0) is 0 Å². The fourth-order valence-corrected chi connectivity index (χ4v) is 1.50. The van der Waals surface area contributed by atoms with Gasteiger partial charge in [0, 0.05) is 29.7 Å². The fraction of sp³-hybridized carbons (Fsp3) is 0.231. The smallest absolute Gasteiger partial charge is 0.373 e. The summed E-state index contributed by atoms with van der Waals surface area (Å²) in [5.41, 5.74) is 1.46. The maximum atomic E-state index is 10.7. The molecule has 0 aliphatic heterocycles. The summed E-state index contributed by atoms with van der Waals surface area (Å²) in [5.74, 6) is -0.734. The summed E-state index contributed by atoms with van der Waals surface area (Å²) in [6.45, 7) is 3.86. The van der Waals surface area contributed by atoms with Gasteiger partial charge in [-0.15, -0.1) is 0 Å². The highest BCUT2D eigenvalue weighted by Crippen LogP contribution is 2.21. The second-order valence-electron chi connectivity index (χ2n) is 4.18. The maximum absolute atomic E-state index is 10.7. The van der Waals surface area contributed by atoms with Gasteiger partial charge in [-0.25, -0.2) is 14.8 Å². The lowest BCUT2D eigenvalue weighted by Crippen LogP contribution is -2.06. The molecular weight excluding hydrogens is 246 g/mol. The topological polar surface area (TPSA) is 85.2 Å². The van der Waals surface area contributed by atoms with E-state index >= 15 is 0 Å². The summed E-state index contributed by atoms with van der Waals surface area (Å²) < 4.78 is 5.54. The minimum absolute atomic E-state index is 0.0580. The number of carboxylic acid groups (broad SMARTS) is 1. The number of hydrogen-bond acceptors (Lipinski definition) is 5. The van der Waals surface area contributed by atoms with E-state index in [4.69, 9.17) is 9.84 Å². The second-order valence-corrected chi connectivity index (χ2v) is 4.18. The van der Waals surface area contributed by atoms with E-state index in [0.29, 0.717) is 11.3 Å². The maximum Gasteiger partial charge on any atom is 0.373 e. The first-order chi connectivity index (χ1) is 9.06. The van der Waals surface area contributed by atoms with Crippen molar-refractivity contribution in [2.75, 3.05) is 0 Å². The molecule has 1 N–H and O–H groups in total. The fourth-order valence-electron chi connectivity index (χ4n) is 1.50. The largest absolute Gasteiger partial charge is 0.489 e. The number of hydrogen-bond donors (Lipinski definition) is 1. The summed E-state index contributed by atoms with van der Waals surface area (Å²) in [6.07, 6.45) is 6.23. The zero-order valence-electron chi connectivity index (χ0n) is 10.6. The molecular formula is C13H13N3O3. The molecule has 2 aromatic heterocycles. The lowest BCUT2D eigenvalue weighted by atomic mass is 10.1. The zero-order chi connectivity index (χ0) is 13.8. The number of rotatable bonds is 4. The van der Waals surface area contributed by atoms with Gasteiger partial charge in [-0.05, 0) is 19.9 Å². The first-order valence-electron chi connectivity index (χ1n) is 5.73. The lowest BCUT2D eigenvalue weighted by Gasteiger charge is -2.10. The Morgan fingerprint density at radius 2 is 1.84 bits per heavy atom. The van der Waals surface area contributed by atoms with Gasteiger partial charge in [-0.1, -0.05) is 0 Å². The Kier molecular flexibility index (Phi) is 3.70. The first kappa shape index (κ1) is 12.9. The molecule has 0 fully saturated rings. The van der Waals surface area contributed by atoms with Crippen molar-refractivity contribution in [3.05, 3.63) is 36.7 Å². The van der Waals surface area contributed by atoms with Gasteiger partial charge in [-0.3, -0.25) is 4.98 Å². The number of ether oxygens (including phenoxy) is 1. The van der Waals surface area contributed by atoms with Crippen molar-refractivity contribution >= 4 is 5.97 Å². The van der Waals surface area contributed by atoms with E-state index in [9.17, 15) is 4.79 Å². The molecule has 0 radical (unpaired) electrons. The normalized spacial score (nSPS) is 10.5. The number of aromatic nitrogens is 3. The summed E-state index contributed by atoms with van der Waals surface area (Å²) in [6, 6.07) is 1.81. The molecule has 0 atom stereocenters. The SMILES string of the molecule is CC(C)Oc1cncc(-c2cnc(C(=O)O)nc2)c1. The van der Waals surface area contributed by atoms with Gasteiger partial charge in [0.15, 0.2) is 0 Å². The van der Waals surface area contributed by atoms with E-state index in [1.54, 1.807) is 12.4 Å². The zero-order valence-corrected chi connectivity index (χ0v) is 10.6. The molecule has 2 heterocycles. The van der Waals surface area contributed by atoms with Gasteiger partial charge in [0.05, 0.1) is 12.3 Å². The molecule has 0 unspecified atom stereocenters. The van der Waals surface area contributed by atoms with Crippen LogP contribution in [0.25, 0.3) is 11.1 Å². The van der Waals surface area contributed by atoms with Gasteiger partial charge in [0.2, 0.25) is 5.82 Å². The number of pyridine rings is 1. The van der Waals surface area contributed by atoms with Crippen LogP contribution in [0.2, 0.25) is 0 Å². The molecule has 6 nitrogen and oxygen atoms in total.